The second-order valence-electron chi connectivity index (χ2n) is 7.75. The third-order valence-corrected chi connectivity index (χ3v) is 5.43. The van der Waals surface area contributed by atoms with Crippen LogP contribution >= 0.6 is 0 Å². The summed E-state index contributed by atoms with van der Waals surface area (Å²) in [6.07, 6.45) is -2.82. The molecule has 0 fully saturated rings. The summed E-state index contributed by atoms with van der Waals surface area (Å²) in [5.74, 6) is -0.692. The molecule has 7 nitrogen and oxygen atoms in total. The molecule has 10 heteroatoms. The number of nitrogens with zero attached hydrogens (tertiary/aromatic N) is 3. The number of carbonyl (C=O) groups excluding carboxylic acids is 1. The number of hydrogen-bond acceptors (Lipinski definition) is 4. The highest BCUT2D eigenvalue weighted by Crippen LogP contribution is 2.33. The fourth-order valence-electron chi connectivity index (χ4n) is 3.64. The first-order valence-electron chi connectivity index (χ1n) is 10.5. The fourth-order valence-corrected chi connectivity index (χ4v) is 3.64. The van der Waals surface area contributed by atoms with E-state index in [4.69, 9.17) is 0 Å². The Bertz CT molecular complexity index is 1250. The Balaban J connectivity index is 1.73. The molecule has 1 amide bonds. The topological polar surface area (TPSA) is 89.5 Å². The van der Waals surface area contributed by atoms with Crippen LogP contribution in [0.2, 0.25) is 0 Å². The number of nitrogens with one attached hydrogen (secondary N) is 1. The van der Waals surface area contributed by atoms with E-state index in [0.29, 0.717) is 12.1 Å². The van der Waals surface area contributed by atoms with Gasteiger partial charge in [-0.2, -0.15) is 18.3 Å². The zero-order valence-electron chi connectivity index (χ0n) is 18.8. The van der Waals surface area contributed by atoms with Crippen LogP contribution in [0.5, 0.6) is 0 Å². The van der Waals surface area contributed by atoms with Crippen molar-refractivity contribution in [3.63, 3.8) is 0 Å². The van der Waals surface area contributed by atoms with Crippen molar-refractivity contribution in [1.82, 2.24) is 9.99 Å². The van der Waals surface area contributed by atoms with E-state index in [1.807, 2.05) is 36.6 Å². The molecule has 0 spiro atoms. The molecule has 0 aliphatic carbocycles. The minimum atomic E-state index is -4.72. The van der Waals surface area contributed by atoms with Crippen LogP contribution in [0.1, 0.15) is 40.6 Å². The van der Waals surface area contributed by atoms with E-state index in [1.54, 1.807) is 0 Å². The molecule has 0 atom stereocenters. The predicted molar refractivity (Wildman–Crippen MR) is 122 cm³/mol. The summed E-state index contributed by atoms with van der Waals surface area (Å²) in [4.78, 5) is 22.5. The quantitative estimate of drug-likeness (QED) is 0.288. The van der Waals surface area contributed by atoms with Crippen LogP contribution in [0.4, 0.5) is 18.9 Å². The van der Waals surface area contributed by atoms with Crippen LogP contribution in [0.3, 0.4) is 0 Å². The smallest absolute Gasteiger partial charge is 0.318 e. The number of nitro benzene ring substituents is 1. The normalized spacial score (nSPS) is 11.7. The molecule has 0 radical (unpaired) electrons. The monoisotopic (exact) mass is 472 g/mol. The highest BCUT2D eigenvalue weighted by atomic mass is 19.4. The molecule has 0 saturated heterocycles. The van der Waals surface area contributed by atoms with Gasteiger partial charge in [-0.3, -0.25) is 14.9 Å². The molecule has 34 heavy (non-hydrogen) atoms. The number of aromatic nitrogens is 1. The summed E-state index contributed by atoms with van der Waals surface area (Å²) in [7, 11) is 0. The van der Waals surface area contributed by atoms with Gasteiger partial charge in [0, 0.05) is 34.3 Å². The lowest BCUT2D eigenvalue weighted by Gasteiger charge is -2.10. The van der Waals surface area contributed by atoms with Crippen LogP contribution in [-0.2, 0) is 23.8 Å². The second-order valence-corrected chi connectivity index (χ2v) is 7.75. The molecule has 3 rings (SSSR count). The number of aryl methyl sites for hydroxylation is 2. The first-order chi connectivity index (χ1) is 16.0. The molecule has 0 aliphatic rings. The van der Waals surface area contributed by atoms with Crippen LogP contribution in [0.15, 0.2) is 53.6 Å². The maximum absolute atomic E-state index is 12.8. The Kier molecular flexibility index (Phi) is 7.19. The minimum absolute atomic E-state index is 0.139. The fraction of sp³-hybridized carbons (Fsp3) is 0.250. The van der Waals surface area contributed by atoms with Gasteiger partial charge in [0.2, 0.25) is 5.91 Å². The number of benzene rings is 2. The Labute approximate surface area is 194 Å². The molecule has 1 N–H and O–H groups in total. The lowest BCUT2D eigenvalue weighted by molar-refractivity contribution is -0.385. The molecule has 0 bridgehead atoms. The van der Waals surface area contributed by atoms with Crippen molar-refractivity contribution in [3.05, 3.63) is 92.3 Å². The maximum Gasteiger partial charge on any atom is 0.416 e. The molecular formula is C24H23F3N4O3. The standard InChI is InChI=1S/C24H23F3N4O3/c1-4-17-5-9-21(10-6-17)30-15(2)11-19(16(30)3)14-28-29-23(32)12-18-7-8-20(24(25,26)27)13-22(18)31(33)34/h5-11,13-14H,4,12H2,1-3H3,(H,29,32)/b28-14+. The molecule has 1 aromatic heterocycles. The van der Waals surface area contributed by atoms with E-state index in [9.17, 15) is 28.1 Å². The SMILES string of the molecule is CCc1ccc(-n2c(C)cc(/C=N/NC(=O)Cc3ccc(C(F)(F)F)cc3[N+](=O)[O-])c2C)cc1. The molecule has 0 unspecified atom stereocenters. The number of carbonyl (C=O) groups is 1. The van der Waals surface area contributed by atoms with Gasteiger partial charge < -0.3 is 4.57 Å². The zero-order valence-corrected chi connectivity index (χ0v) is 18.8. The van der Waals surface area contributed by atoms with E-state index in [1.165, 1.54) is 11.8 Å². The second kappa shape index (κ2) is 9.90. The number of hydrogen-bond donors (Lipinski definition) is 1. The van der Waals surface area contributed by atoms with Crippen molar-refractivity contribution in [1.29, 1.82) is 0 Å². The van der Waals surface area contributed by atoms with Gasteiger partial charge in [-0.05, 0) is 50.1 Å². The van der Waals surface area contributed by atoms with Crippen molar-refractivity contribution in [2.75, 3.05) is 0 Å². The van der Waals surface area contributed by atoms with E-state index in [2.05, 4.69) is 29.6 Å². The van der Waals surface area contributed by atoms with Gasteiger partial charge in [-0.15, -0.1) is 0 Å². The predicted octanol–water partition coefficient (Wildman–Crippen LogP) is 5.28. The van der Waals surface area contributed by atoms with Crippen LogP contribution in [-0.4, -0.2) is 21.6 Å². The molecular weight excluding hydrogens is 449 g/mol. The molecule has 178 valence electrons. The summed E-state index contributed by atoms with van der Waals surface area (Å²) in [5.41, 5.74) is 5.06. The number of amides is 1. The van der Waals surface area contributed by atoms with Gasteiger partial charge in [0.05, 0.1) is 23.1 Å². The van der Waals surface area contributed by atoms with Crippen molar-refractivity contribution >= 4 is 17.8 Å². The van der Waals surface area contributed by atoms with Crippen LogP contribution < -0.4 is 5.43 Å². The number of halogens is 3. The highest BCUT2D eigenvalue weighted by molar-refractivity contribution is 5.85. The van der Waals surface area contributed by atoms with Crippen LogP contribution in [0.25, 0.3) is 5.69 Å². The molecule has 0 saturated carbocycles. The summed E-state index contributed by atoms with van der Waals surface area (Å²) >= 11 is 0. The average Bonchev–Trinajstić information content (AvgIpc) is 3.06. The lowest BCUT2D eigenvalue weighted by Crippen LogP contribution is -2.20. The first kappa shape index (κ1) is 24.7. The number of nitro groups is 1. The van der Waals surface area contributed by atoms with Crippen LogP contribution in [0, 0.1) is 24.0 Å². The Morgan fingerprint density at radius 2 is 1.82 bits per heavy atom. The van der Waals surface area contributed by atoms with E-state index in [0.717, 1.165) is 35.1 Å². The van der Waals surface area contributed by atoms with Gasteiger partial charge in [0.1, 0.15) is 0 Å². The largest absolute Gasteiger partial charge is 0.416 e. The third-order valence-electron chi connectivity index (χ3n) is 5.43. The number of alkyl halides is 3. The van der Waals surface area contributed by atoms with Gasteiger partial charge in [-0.1, -0.05) is 25.1 Å². The summed E-state index contributed by atoms with van der Waals surface area (Å²) in [5, 5.41) is 15.1. The summed E-state index contributed by atoms with van der Waals surface area (Å²) in [6.45, 7) is 5.94. The summed E-state index contributed by atoms with van der Waals surface area (Å²) < 4.78 is 40.6. The van der Waals surface area contributed by atoms with Crippen molar-refractivity contribution in [2.24, 2.45) is 5.10 Å². The van der Waals surface area contributed by atoms with Gasteiger partial charge in [-0.25, -0.2) is 5.43 Å². The minimum Gasteiger partial charge on any atom is -0.318 e. The Morgan fingerprint density at radius 1 is 1.15 bits per heavy atom. The highest BCUT2D eigenvalue weighted by Gasteiger charge is 2.33. The first-order valence-corrected chi connectivity index (χ1v) is 10.5. The zero-order chi connectivity index (χ0) is 25.0. The molecule has 2 aromatic carbocycles. The number of rotatable bonds is 7. The molecule has 1 heterocycles. The van der Waals surface area contributed by atoms with E-state index >= 15 is 0 Å². The van der Waals surface area contributed by atoms with Gasteiger partial charge in [0.25, 0.3) is 5.69 Å². The molecule has 3 aromatic rings. The Morgan fingerprint density at radius 3 is 2.41 bits per heavy atom. The van der Waals surface area contributed by atoms with Gasteiger partial charge >= 0.3 is 6.18 Å². The van der Waals surface area contributed by atoms with Crippen molar-refractivity contribution < 1.29 is 22.9 Å². The van der Waals surface area contributed by atoms with Gasteiger partial charge in [0.15, 0.2) is 0 Å². The van der Waals surface area contributed by atoms with E-state index in [-0.39, 0.29) is 5.56 Å². The van der Waals surface area contributed by atoms with Crippen molar-refractivity contribution in [3.8, 4) is 5.69 Å². The maximum atomic E-state index is 12.8. The third kappa shape index (κ3) is 5.51. The summed E-state index contributed by atoms with van der Waals surface area (Å²) in [6, 6.07) is 12.1. The molecule has 0 aliphatic heterocycles. The van der Waals surface area contributed by atoms with Crippen molar-refractivity contribution in [2.45, 2.75) is 39.8 Å². The Hall–Kier alpha value is -3.95. The number of hydrazone groups is 1. The lowest BCUT2D eigenvalue weighted by atomic mass is 10.1. The van der Waals surface area contributed by atoms with E-state index < -0.39 is 34.7 Å². The average molecular weight is 472 g/mol.